The van der Waals surface area contributed by atoms with Gasteiger partial charge < -0.3 is 0 Å². The molecule has 0 aromatic heterocycles. The molecular formula is C13H28ClP. The Kier molecular flexibility index (Phi) is 6.76. The van der Waals surface area contributed by atoms with Crippen LogP contribution in [0, 0.1) is 11.8 Å². The van der Waals surface area contributed by atoms with Gasteiger partial charge in [-0.2, -0.15) is 0 Å². The van der Waals surface area contributed by atoms with Crippen molar-refractivity contribution in [2.75, 3.05) is 0 Å². The molecule has 0 spiro atoms. The van der Waals surface area contributed by atoms with Crippen LogP contribution in [0.5, 0.6) is 0 Å². The van der Waals surface area contributed by atoms with Crippen LogP contribution in [0.25, 0.3) is 0 Å². The first-order valence-corrected chi connectivity index (χ1v) is 8.41. The Bertz CT molecular complexity index is 160. The van der Waals surface area contributed by atoms with Gasteiger partial charge in [0.25, 0.3) is 0 Å². The fourth-order valence-electron chi connectivity index (χ4n) is 1.92. The van der Waals surface area contributed by atoms with Gasteiger partial charge in [-0.1, -0.05) is 59.7 Å². The molecule has 0 N–H and O–H groups in total. The minimum Gasteiger partial charge on any atom is -0.0956 e. The van der Waals surface area contributed by atoms with Gasteiger partial charge >= 0.3 is 0 Å². The number of hydrogen-bond acceptors (Lipinski definition) is 0. The van der Waals surface area contributed by atoms with Crippen molar-refractivity contribution in [2.45, 2.75) is 72.1 Å². The van der Waals surface area contributed by atoms with Crippen LogP contribution in [-0.4, -0.2) is 10.8 Å². The molecule has 0 rings (SSSR count). The summed E-state index contributed by atoms with van der Waals surface area (Å²) >= 11 is 6.68. The van der Waals surface area contributed by atoms with E-state index in [1.54, 1.807) is 0 Å². The molecule has 92 valence electrons. The Balaban J connectivity index is 4.47. The molecule has 0 aromatic rings. The first-order chi connectivity index (χ1) is 6.64. The highest BCUT2D eigenvalue weighted by atomic mass is 35.7. The van der Waals surface area contributed by atoms with E-state index in [4.69, 9.17) is 11.2 Å². The van der Waals surface area contributed by atoms with Gasteiger partial charge in [0, 0.05) is 0 Å². The zero-order valence-corrected chi connectivity index (χ0v) is 13.1. The SMILES string of the molecule is CC(C)CC(CC(C)C)P(Cl)C(C)(C)C. The van der Waals surface area contributed by atoms with Gasteiger partial charge in [-0.3, -0.25) is 0 Å². The van der Waals surface area contributed by atoms with E-state index in [-0.39, 0.29) is 12.4 Å². The molecule has 0 saturated heterocycles. The fraction of sp³-hybridized carbons (Fsp3) is 1.00. The Morgan fingerprint density at radius 2 is 1.27 bits per heavy atom. The van der Waals surface area contributed by atoms with Crippen LogP contribution in [0.2, 0.25) is 0 Å². The van der Waals surface area contributed by atoms with Crippen molar-refractivity contribution in [3.8, 4) is 0 Å². The van der Waals surface area contributed by atoms with Crippen LogP contribution in [0.1, 0.15) is 61.3 Å². The van der Waals surface area contributed by atoms with Crippen molar-refractivity contribution in [1.82, 2.24) is 0 Å². The minimum atomic E-state index is -0.378. The molecule has 0 heterocycles. The zero-order valence-electron chi connectivity index (χ0n) is 11.5. The molecule has 2 heteroatoms. The molecule has 0 aliphatic heterocycles. The van der Waals surface area contributed by atoms with Gasteiger partial charge in [0.1, 0.15) is 0 Å². The smallest absolute Gasteiger partial charge is 0.00105 e. The summed E-state index contributed by atoms with van der Waals surface area (Å²) in [5.41, 5.74) is 0.724. The Morgan fingerprint density at radius 1 is 0.933 bits per heavy atom. The predicted molar refractivity (Wildman–Crippen MR) is 75.2 cm³/mol. The van der Waals surface area contributed by atoms with Crippen LogP contribution in [0.4, 0.5) is 0 Å². The second kappa shape index (κ2) is 6.45. The van der Waals surface area contributed by atoms with E-state index < -0.39 is 0 Å². The summed E-state index contributed by atoms with van der Waals surface area (Å²) in [7, 11) is -0.378. The molecular weight excluding hydrogens is 223 g/mol. The molecule has 0 fully saturated rings. The van der Waals surface area contributed by atoms with E-state index in [1.807, 2.05) is 0 Å². The number of rotatable bonds is 5. The number of hydrogen-bond donors (Lipinski definition) is 0. The summed E-state index contributed by atoms with van der Waals surface area (Å²) in [5, 5.41) is 0.283. The molecule has 0 aliphatic rings. The van der Waals surface area contributed by atoms with Crippen molar-refractivity contribution >= 4 is 18.5 Å². The molecule has 0 radical (unpaired) electrons. The maximum absolute atomic E-state index is 6.68. The number of halogens is 1. The van der Waals surface area contributed by atoms with Crippen molar-refractivity contribution in [2.24, 2.45) is 11.8 Å². The van der Waals surface area contributed by atoms with E-state index in [0.717, 1.165) is 17.5 Å². The van der Waals surface area contributed by atoms with Gasteiger partial charge in [0.05, 0.1) is 0 Å². The summed E-state index contributed by atoms with van der Waals surface area (Å²) in [6, 6.07) is 0. The van der Waals surface area contributed by atoms with E-state index in [2.05, 4.69) is 48.5 Å². The average Bonchev–Trinajstić information content (AvgIpc) is 1.98. The largest absolute Gasteiger partial charge is 0.0956 e. The van der Waals surface area contributed by atoms with E-state index in [0.29, 0.717) is 0 Å². The summed E-state index contributed by atoms with van der Waals surface area (Å²) in [5.74, 6) is 1.53. The lowest BCUT2D eigenvalue weighted by molar-refractivity contribution is 0.484. The summed E-state index contributed by atoms with van der Waals surface area (Å²) < 4.78 is 0. The average molecular weight is 251 g/mol. The summed E-state index contributed by atoms with van der Waals surface area (Å²) in [4.78, 5) is 0. The quantitative estimate of drug-likeness (QED) is 0.535. The van der Waals surface area contributed by atoms with E-state index >= 15 is 0 Å². The van der Waals surface area contributed by atoms with Gasteiger partial charge in [-0.15, -0.1) is 0 Å². The lowest BCUT2D eigenvalue weighted by Crippen LogP contribution is -2.20. The van der Waals surface area contributed by atoms with Crippen molar-refractivity contribution < 1.29 is 0 Å². The second-order valence-corrected chi connectivity index (χ2v) is 10.2. The Morgan fingerprint density at radius 3 is 1.47 bits per heavy atom. The second-order valence-electron chi connectivity index (χ2n) is 6.39. The Hall–Kier alpha value is 0.720. The van der Waals surface area contributed by atoms with E-state index in [1.165, 1.54) is 12.8 Å². The van der Waals surface area contributed by atoms with Gasteiger partial charge in [-0.25, -0.2) is 0 Å². The first-order valence-electron chi connectivity index (χ1n) is 6.09. The lowest BCUT2D eigenvalue weighted by Gasteiger charge is -2.34. The topological polar surface area (TPSA) is 0 Å². The Labute approximate surface area is 103 Å². The lowest BCUT2D eigenvalue weighted by atomic mass is 10.0. The summed E-state index contributed by atoms with van der Waals surface area (Å²) in [6.07, 6.45) is 2.56. The van der Waals surface area contributed by atoms with Crippen molar-refractivity contribution in [1.29, 1.82) is 0 Å². The zero-order chi connectivity index (χ0) is 12.2. The first kappa shape index (κ1) is 15.7. The normalized spacial score (nSPS) is 15.4. The predicted octanol–water partition coefficient (Wildman–Crippen LogP) is 5.88. The molecule has 0 amide bonds. The monoisotopic (exact) mass is 250 g/mol. The molecule has 1 atom stereocenters. The minimum absolute atomic E-state index is 0.283. The van der Waals surface area contributed by atoms with E-state index in [9.17, 15) is 0 Å². The maximum atomic E-state index is 6.68. The van der Waals surface area contributed by atoms with Crippen LogP contribution in [0.3, 0.4) is 0 Å². The third kappa shape index (κ3) is 6.80. The van der Waals surface area contributed by atoms with Crippen LogP contribution in [-0.2, 0) is 0 Å². The molecule has 15 heavy (non-hydrogen) atoms. The van der Waals surface area contributed by atoms with Gasteiger partial charge in [0.2, 0.25) is 0 Å². The molecule has 0 aliphatic carbocycles. The van der Waals surface area contributed by atoms with Crippen LogP contribution < -0.4 is 0 Å². The third-order valence-corrected chi connectivity index (χ3v) is 7.14. The standard InChI is InChI=1S/C13H28ClP/c1-10(2)8-12(9-11(3)4)15(14)13(5,6)7/h10-12H,8-9H2,1-7H3. The van der Waals surface area contributed by atoms with Crippen molar-refractivity contribution in [3.05, 3.63) is 0 Å². The third-order valence-electron chi connectivity index (χ3n) is 2.45. The molecule has 0 aromatic carbocycles. The highest BCUT2D eigenvalue weighted by molar-refractivity contribution is 7.85. The van der Waals surface area contributed by atoms with Crippen molar-refractivity contribution in [3.63, 3.8) is 0 Å². The fourth-order valence-corrected chi connectivity index (χ4v) is 4.70. The molecule has 0 nitrogen and oxygen atoms in total. The maximum Gasteiger partial charge on any atom is -0.00105 e. The molecule has 1 unspecified atom stereocenters. The van der Waals surface area contributed by atoms with Gasteiger partial charge in [0.15, 0.2) is 0 Å². The molecule has 0 bridgehead atoms. The highest BCUT2D eigenvalue weighted by Crippen LogP contribution is 2.60. The highest BCUT2D eigenvalue weighted by Gasteiger charge is 2.30. The van der Waals surface area contributed by atoms with Gasteiger partial charge in [-0.05, 0) is 42.8 Å². The van der Waals surface area contributed by atoms with Crippen LogP contribution in [0.15, 0.2) is 0 Å². The summed E-state index contributed by atoms with van der Waals surface area (Å²) in [6.45, 7) is 16.0. The molecule has 0 saturated carbocycles. The van der Waals surface area contributed by atoms with Crippen LogP contribution >= 0.6 is 18.5 Å².